The summed E-state index contributed by atoms with van der Waals surface area (Å²) >= 11 is 0. The number of nitrogens with two attached hydrogens (primary N) is 1. The average molecular weight is 304 g/mol. The fraction of sp³-hybridized carbons (Fsp3) is 0.611. The smallest absolute Gasteiger partial charge is 0.227 e. The Hall–Kier alpha value is -1.55. The largest absolute Gasteiger partial charge is 0.492 e. The van der Waals surface area contributed by atoms with E-state index in [0.29, 0.717) is 13.2 Å². The molecule has 1 fully saturated rings. The second kappa shape index (κ2) is 8.18. The summed E-state index contributed by atoms with van der Waals surface area (Å²) in [5.74, 6) is 2.59. The molecule has 1 amide bonds. The second-order valence-electron chi connectivity index (χ2n) is 6.51. The molecule has 0 bridgehead atoms. The van der Waals surface area contributed by atoms with Crippen LogP contribution in [0.3, 0.4) is 0 Å². The first-order chi connectivity index (χ1) is 10.6. The number of nitrogens with one attached hydrogen (secondary N) is 1. The van der Waals surface area contributed by atoms with Crippen molar-refractivity contribution in [1.82, 2.24) is 0 Å². The van der Waals surface area contributed by atoms with E-state index in [2.05, 4.69) is 19.2 Å². The Labute approximate surface area is 133 Å². The van der Waals surface area contributed by atoms with E-state index in [1.54, 1.807) is 0 Å². The third-order valence-electron chi connectivity index (χ3n) is 4.59. The van der Waals surface area contributed by atoms with E-state index < -0.39 is 0 Å². The quantitative estimate of drug-likeness (QED) is 0.846. The van der Waals surface area contributed by atoms with Gasteiger partial charge in [-0.1, -0.05) is 13.8 Å². The third kappa shape index (κ3) is 4.73. The van der Waals surface area contributed by atoms with Crippen LogP contribution in [-0.4, -0.2) is 19.1 Å². The van der Waals surface area contributed by atoms with E-state index in [1.807, 2.05) is 24.3 Å². The van der Waals surface area contributed by atoms with E-state index in [-0.39, 0.29) is 11.8 Å². The summed E-state index contributed by atoms with van der Waals surface area (Å²) in [6.07, 6.45) is 4.35. The maximum atomic E-state index is 12.3. The number of amides is 1. The van der Waals surface area contributed by atoms with Gasteiger partial charge in [0.25, 0.3) is 0 Å². The van der Waals surface area contributed by atoms with Crippen LogP contribution in [0.1, 0.15) is 39.5 Å². The highest BCUT2D eigenvalue weighted by atomic mass is 16.5. The number of anilines is 1. The van der Waals surface area contributed by atoms with Crippen LogP contribution >= 0.6 is 0 Å². The number of ether oxygens (including phenoxy) is 1. The average Bonchev–Trinajstić information content (AvgIpc) is 2.54. The summed E-state index contributed by atoms with van der Waals surface area (Å²) in [7, 11) is 0. The lowest BCUT2D eigenvalue weighted by Crippen LogP contribution is -2.28. The minimum atomic E-state index is 0.151. The first-order valence-electron chi connectivity index (χ1n) is 8.34. The van der Waals surface area contributed by atoms with Crippen LogP contribution < -0.4 is 15.8 Å². The van der Waals surface area contributed by atoms with Crippen molar-refractivity contribution in [2.75, 3.05) is 18.5 Å². The minimum Gasteiger partial charge on any atom is -0.492 e. The van der Waals surface area contributed by atoms with Gasteiger partial charge in [-0.2, -0.15) is 0 Å². The van der Waals surface area contributed by atoms with E-state index in [0.717, 1.165) is 36.1 Å². The van der Waals surface area contributed by atoms with Gasteiger partial charge in [0.15, 0.2) is 0 Å². The number of hydrogen-bond acceptors (Lipinski definition) is 3. The zero-order valence-corrected chi connectivity index (χ0v) is 13.7. The van der Waals surface area contributed by atoms with E-state index >= 15 is 0 Å². The van der Waals surface area contributed by atoms with Gasteiger partial charge >= 0.3 is 0 Å². The Kier molecular flexibility index (Phi) is 6.25. The van der Waals surface area contributed by atoms with Crippen LogP contribution in [0.2, 0.25) is 0 Å². The summed E-state index contributed by atoms with van der Waals surface area (Å²) in [6.45, 7) is 5.56. The molecule has 0 unspecified atom stereocenters. The molecule has 0 aromatic heterocycles. The Bertz CT molecular complexity index is 462. The van der Waals surface area contributed by atoms with E-state index in [4.69, 9.17) is 10.5 Å². The molecule has 4 heteroatoms. The summed E-state index contributed by atoms with van der Waals surface area (Å²) in [4.78, 5) is 12.3. The minimum absolute atomic E-state index is 0.151. The molecule has 0 atom stereocenters. The molecule has 122 valence electrons. The highest BCUT2D eigenvalue weighted by Crippen LogP contribution is 2.33. The number of carbonyl (C=O) groups is 1. The molecule has 2 rings (SSSR count). The fourth-order valence-electron chi connectivity index (χ4n) is 3.10. The zero-order chi connectivity index (χ0) is 15.9. The standard InChI is InChI=1S/C18H28N2O2/c1-13(2)14-3-5-15(6-4-14)18(21)20-16-7-9-17(10-8-16)22-12-11-19/h7-10,13-15H,3-6,11-12,19H2,1-2H3,(H,20,21). The molecule has 1 saturated carbocycles. The van der Waals surface area contributed by atoms with Crippen LogP contribution in [0.4, 0.5) is 5.69 Å². The Morgan fingerprint density at radius 3 is 2.41 bits per heavy atom. The Morgan fingerprint density at radius 1 is 1.23 bits per heavy atom. The predicted molar refractivity (Wildman–Crippen MR) is 89.9 cm³/mol. The van der Waals surface area contributed by atoms with Gasteiger partial charge in [-0.15, -0.1) is 0 Å². The highest BCUT2D eigenvalue weighted by molar-refractivity contribution is 5.92. The van der Waals surface area contributed by atoms with Gasteiger partial charge in [0.2, 0.25) is 5.91 Å². The molecule has 3 N–H and O–H groups in total. The van der Waals surface area contributed by atoms with Gasteiger partial charge in [0.05, 0.1) is 0 Å². The maximum absolute atomic E-state index is 12.3. The fourth-order valence-corrected chi connectivity index (χ4v) is 3.10. The molecule has 4 nitrogen and oxygen atoms in total. The molecule has 0 saturated heterocycles. The van der Waals surface area contributed by atoms with Crippen LogP contribution in [0.15, 0.2) is 24.3 Å². The van der Waals surface area contributed by atoms with E-state index in [9.17, 15) is 4.79 Å². The molecule has 22 heavy (non-hydrogen) atoms. The van der Waals surface area contributed by atoms with Crippen molar-refractivity contribution in [1.29, 1.82) is 0 Å². The van der Waals surface area contributed by atoms with Gasteiger partial charge in [-0.3, -0.25) is 4.79 Å². The van der Waals surface area contributed by atoms with Crippen molar-refractivity contribution >= 4 is 11.6 Å². The number of carbonyl (C=O) groups excluding carboxylic acids is 1. The Morgan fingerprint density at radius 2 is 1.86 bits per heavy atom. The van der Waals surface area contributed by atoms with Gasteiger partial charge < -0.3 is 15.8 Å². The van der Waals surface area contributed by atoms with Gasteiger partial charge in [0, 0.05) is 18.2 Å². The predicted octanol–water partition coefficient (Wildman–Crippen LogP) is 3.43. The SMILES string of the molecule is CC(C)C1CCC(C(=O)Nc2ccc(OCCN)cc2)CC1. The lowest BCUT2D eigenvalue weighted by atomic mass is 9.76. The summed E-state index contributed by atoms with van der Waals surface area (Å²) in [5, 5.41) is 3.02. The molecular weight excluding hydrogens is 276 g/mol. The van der Waals surface area contributed by atoms with Gasteiger partial charge in [-0.05, 0) is 61.8 Å². The topological polar surface area (TPSA) is 64.3 Å². The normalized spacial score (nSPS) is 21.6. The monoisotopic (exact) mass is 304 g/mol. The third-order valence-corrected chi connectivity index (χ3v) is 4.59. The lowest BCUT2D eigenvalue weighted by Gasteiger charge is -2.30. The molecule has 1 aromatic rings. The Balaban J connectivity index is 1.82. The number of rotatable bonds is 6. The molecule has 0 heterocycles. The molecule has 1 aliphatic rings. The van der Waals surface area contributed by atoms with Crippen molar-refractivity contribution in [2.45, 2.75) is 39.5 Å². The molecule has 0 radical (unpaired) electrons. The molecular formula is C18H28N2O2. The molecule has 1 aromatic carbocycles. The first kappa shape index (κ1) is 16.8. The zero-order valence-electron chi connectivity index (χ0n) is 13.7. The number of hydrogen-bond donors (Lipinski definition) is 2. The summed E-state index contributed by atoms with van der Waals surface area (Å²) < 4.78 is 5.43. The molecule has 1 aliphatic carbocycles. The lowest BCUT2D eigenvalue weighted by molar-refractivity contribution is -0.121. The van der Waals surface area contributed by atoms with Crippen molar-refractivity contribution in [3.05, 3.63) is 24.3 Å². The van der Waals surface area contributed by atoms with E-state index in [1.165, 1.54) is 12.8 Å². The van der Waals surface area contributed by atoms with Crippen LogP contribution in [0, 0.1) is 17.8 Å². The summed E-state index contributed by atoms with van der Waals surface area (Å²) in [6, 6.07) is 7.48. The second-order valence-corrected chi connectivity index (χ2v) is 6.51. The van der Waals surface area contributed by atoms with Gasteiger partial charge in [0.1, 0.15) is 12.4 Å². The maximum Gasteiger partial charge on any atom is 0.227 e. The summed E-state index contributed by atoms with van der Waals surface area (Å²) in [5.41, 5.74) is 6.23. The molecule has 0 spiro atoms. The molecule has 0 aliphatic heterocycles. The van der Waals surface area contributed by atoms with Crippen LogP contribution in [0.5, 0.6) is 5.75 Å². The highest BCUT2D eigenvalue weighted by Gasteiger charge is 2.27. The first-order valence-corrected chi connectivity index (χ1v) is 8.34. The van der Waals surface area contributed by atoms with Crippen LogP contribution in [-0.2, 0) is 4.79 Å². The van der Waals surface area contributed by atoms with Crippen molar-refractivity contribution in [3.63, 3.8) is 0 Å². The van der Waals surface area contributed by atoms with Crippen molar-refractivity contribution in [2.24, 2.45) is 23.5 Å². The van der Waals surface area contributed by atoms with Crippen molar-refractivity contribution < 1.29 is 9.53 Å². The van der Waals surface area contributed by atoms with Crippen molar-refractivity contribution in [3.8, 4) is 5.75 Å². The van der Waals surface area contributed by atoms with Gasteiger partial charge in [-0.25, -0.2) is 0 Å². The van der Waals surface area contributed by atoms with Crippen LogP contribution in [0.25, 0.3) is 0 Å². The number of benzene rings is 1.